The van der Waals surface area contributed by atoms with Crippen LogP contribution in [0.5, 0.6) is 5.75 Å². The molecule has 0 radical (unpaired) electrons. The summed E-state index contributed by atoms with van der Waals surface area (Å²) in [5, 5.41) is 10.2. The predicted octanol–water partition coefficient (Wildman–Crippen LogP) is 4.50. The van der Waals surface area contributed by atoms with Crippen molar-refractivity contribution in [2.75, 3.05) is 0 Å². The Bertz CT molecular complexity index is 834. The van der Waals surface area contributed by atoms with Gasteiger partial charge in [-0.2, -0.15) is 0 Å². The lowest BCUT2D eigenvalue weighted by atomic mass is 10.1. The summed E-state index contributed by atoms with van der Waals surface area (Å²) in [6.45, 7) is 4.61. The van der Waals surface area contributed by atoms with Crippen LogP contribution in [0.2, 0.25) is 0 Å². The Morgan fingerprint density at radius 3 is 2.52 bits per heavy atom. The van der Waals surface area contributed by atoms with Crippen molar-refractivity contribution in [1.82, 2.24) is 4.57 Å². The highest BCUT2D eigenvalue weighted by atomic mass is 16.5. The maximum Gasteiger partial charge on any atom is 0.335 e. The fourth-order valence-electron chi connectivity index (χ4n) is 2.81. The van der Waals surface area contributed by atoms with Gasteiger partial charge in [-0.3, -0.25) is 0 Å². The number of carboxylic acids is 1. The molecular weight excluding hydrogens is 290 g/mol. The van der Waals surface area contributed by atoms with Crippen molar-refractivity contribution < 1.29 is 14.6 Å². The molecule has 4 heteroatoms. The van der Waals surface area contributed by atoms with E-state index in [1.807, 2.05) is 36.4 Å². The fourth-order valence-corrected chi connectivity index (χ4v) is 2.81. The molecule has 3 aromatic rings. The summed E-state index contributed by atoms with van der Waals surface area (Å²) >= 11 is 0. The second kappa shape index (κ2) is 6.16. The average molecular weight is 309 g/mol. The molecule has 0 amide bonds. The third-order valence-electron chi connectivity index (χ3n) is 3.81. The van der Waals surface area contributed by atoms with Gasteiger partial charge in [-0.05, 0) is 44.2 Å². The monoisotopic (exact) mass is 309 g/mol. The number of hydrogen-bond acceptors (Lipinski definition) is 2. The molecule has 1 heterocycles. The number of ether oxygens (including phenoxy) is 1. The van der Waals surface area contributed by atoms with E-state index in [1.54, 1.807) is 12.1 Å². The molecule has 118 valence electrons. The number of fused-ring (bicyclic) bond motifs is 1. The van der Waals surface area contributed by atoms with Crippen LogP contribution in [-0.2, 0) is 6.61 Å². The molecule has 0 atom stereocenters. The van der Waals surface area contributed by atoms with Crippen molar-refractivity contribution in [1.29, 1.82) is 0 Å². The molecular formula is C19H19NO3. The average Bonchev–Trinajstić information content (AvgIpc) is 2.91. The number of rotatable bonds is 5. The van der Waals surface area contributed by atoms with Gasteiger partial charge in [0.2, 0.25) is 0 Å². The van der Waals surface area contributed by atoms with Gasteiger partial charge in [0.1, 0.15) is 12.4 Å². The number of nitrogens with zero attached hydrogens (tertiary/aromatic N) is 1. The van der Waals surface area contributed by atoms with Crippen molar-refractivity contribution in [2.45, 2.75) is 26.5 Å². The highest BCUT2D eigenvalue weighted by Gasteiger charge is 2.14. The van der Waals surface area contributed by atoms with E-state index in [4.69, 9.17) is 4.74 Å². The van der Waals surface area contributed by atoms with Gasteiger partial charge in [-0.1, -0.05) is 24.3 Å². The quantitative estimate of drug-likeness (QED) is 0.755. The van der Waals surface area contributed by atoms with E-state index in [0.717, 1.165) is 22.3 Å². The molecule has 0 aliphatic carbocycles. The van der Waals surface area contributed by atoms with E-state index in [0.29, 0.717) is 12.2 Å². The van der Waals surface area contributed by atoms with E-state index < -0.39 is 5.97 Å². The van der Waals surface area contributed by atoms with Gasteiger partial charge < -0.3 is 14.4 Å². The molecule has 2 aromatic carbocycles. The van der Waals surface area contributed by atoms with Gasteiger partial charge in [0.15, 0.2) is 0 Å². The second-order valence-electron chi connectivity index (χ2n) is 5.78. The maximum atomic E-state index is 11.2. The molecule has 0 aliphatic heterocycles. The molecule has 0 bridgehead atoms. The second-order valence-corrected chi connectivity index (χ2v) is 5.78. The lowest BCUT2D eigenvalue weighted by Crippen LogP contribution is -2.08. The van der Waals surface area contributed by atoms with Crippen LogP contribution in [0.15, 0.2) is 54.6 Å². The molecule has 23 heavy (non-hydrogen) atoms. The Balaban J connectivity index is 1.99. The van der Waals surface area contributed by atoms with Crippen molar-refractivity contribution in [3.63, 3.8) is 0 Å². The van der Waals surface area contributed by atoms with Crippen molar-refractivity contribution >= 4 is 16.9 Å². The minimum absolute atomic E-state index is 0.214. The first kappa shape index (κ1) is 15.2. The van der Waals surface area contributed by atoms with E-state index in [1.165, 1.54) is 0 Å². The summed E-state index contributed by atoms with van der Waals surface area (Å²) in [7, 11) is 0. The van der Waals surface area contributed by atoms with Crippen molar-refractivity contribution in [2.24, 2.45) is 0 Å². The molecule has 0 fully saturated rings. The van der Waals surface area contributed by atoms with Gasteiger partial charge >= 0.3 is 5.97 Å². The molecule has 4 nitrogen and oxygen atoms in total. The molecule has 1 aromatic heterocycles. The Kier molecular flexibility index (Phi) is 4.06. The summed E-state index contributed by atoms with van der Waals surface area (Å²) < 4.78 is 7.98. The molecule has 0 unspecified atom stereocenters. The topological polar surface area (TPSA) is 51.5 Å². The molecule has 3 rings (SSSR count). The number of aromatic carboxylic acids is 1. The van der Waals surface area contributed by atoms with Crippen LogP contribution in [0.3, 0.4) is 0 Å². The van der Waals surface area contributed by atoms with E-state index in [-0.39, 0.29) is 6.04 Å². The normalized spacial score (nSPS) is 11.1. The summed E-state index contributed by atoms with van der Waals surface area (Å²) in [6, 6.07) is 17.2. The molecule has 1 N–H and O–H groups in total. The molecule has 0 aliphatic rings. The van der Waals surface area contributed by atoms with Gasteiger partial charge in [-0.15, -0.1) is 0 Å². The third kappa shape index (κ3) is 3.06. The smallest absolute Gasteiger partial charge is 0.335 e. The summed E-state index contributed by atoms with van der Waals surface area (Å²) in [6.07, 6.45) is 0. The van der Waals surface area contributed by atoms with Crippen LogP contribution in [0.25, 0.3) is 10.9 Å². The van der Waals surface area contributed by atoms with Crippen LogP contribution in [0.1, 0.15) is 35.9 Å². The first-order chi connectivity index (χ1) is 11.1. The van der Waals surface area contributed by atoms with Gasteiger partial charge in [0.05, 0.1) is 11.3 Å². The molecule has 0 spiro atoms. The minimum atomic E-state index is -0.912. The first-order valence-electron chi connectivity index (χ1n) is 7.61. The third-order valence-corrected chi connectivity index (χ3v) is 3.81. The standard InChI is InChI=1S/C19H19NO3/c1-13(2)20-16(12-23-17-6-4-3-5-7-17)10-14-8-9-15(19(21)22)11-18(14)20/h3-11,13H,12H2,1-2H3,(H,21,22). The Labute approximate surface area is 134 Å². The van der Waals surface area contributed by atoms with Gasteiger partial charge in [0, 0.05) is 16.9 Å². The number of carboxylic acid groups (broad SMARTS) is 1. The molecule has 0 saturated carbocycles. The Morgan fingerprint density at radius 1 is 1.13 bits per heavy atom. The highest BCUT2D eigenvalue weighted by Crippen LogP contribution is 2.26. The van der Waals surface area contributed by atoms with Gasteiger partial charge in [0.25, 0.3) is 0 Å². The number of aromatic nitrogens is 1. The zero-order chi connectivity index (χ0) is 16.4. The predicted molar refractivity (Wildman–Crippen MR) is 90.1 cm³/mol. The number of carbonyl (C=O) groups is 1. The lowest BCUT2D eigenvalue weighted by molar-refractivity contribution is 0.0697. The summed E-state index contributed by atoms with van der Waals surface area (Å²) in [5.74, 6) is -0.0928. The summed E-state index contributed by atoms with van der Waals surface area (Å²) in [5.41, 5.74) is 2.25. The zero-order valence-electron chi connectivity index (χ0n) is 13.2. The van der Waals surface area contributed by atoms with Crippen molar-refractivity contribution in [3.8, 4) is 5.75 Å². The Hall–Kier alpha value is -2.75. The largest absolute Gasteiger partial charge is 0.487 e. The zero-order valence-corrected chi connectivity index (χ0v) is 13.2. The summed E-state index contributed by atoms with van der Waals surface area (Å²) in [4.78, 5) is 11.2. The Morgan fingerprint density at radius 2 is 1.87 bits per heavy atom. The van der Waals surface area contributed by atoms with Crippen LogP contribution >= 0.6 is 0 Å². The lowest BCUT2D eigenvalue weighted by Gasteiger charge is -2.15. The van der Waals surface area contributed by atoms with E-state index >= 15 is 0 Å². The van der Waals surface area contributed by atoms with E-state index in [2.05, 4.69) is 24.5 Å². The van der Waals surface area contributed by atoms with Crippen molar-refractivity contribution in [3.05, 3.63) is 65.9 Å². The van der Waals surface area contributed by atoms with Gasteiger partial charge in [-0.25, -0.2) is 4.79 Å². The van der Waals surface area contributed by atoms with E-state index in [9.17, 15) is 9.90 Å². The molecule has 0 saturated heterocycles. The first-order valence-corrected chi connectivity index (χ1v) is 7.61. The SMILES string of the molecule is CC(C)n1c(COc2ccccc2)cc2ccc(C(=O)O)cc21. The van der Waals surface area contributed by atoms with Crippen LogP contribution in [0, 0.1) is 0 Å². The minimum Gasteiger partial charge on any atom is -0.487 e. The fraction of sp³-hybridized carbons (Fsp3) is 0.211. The van der Waals surface area contributed by atoms with Crippen LogP contribution in [-0.4, -0.2) is 15.6 Å². The van der Waals surface area contributed by atoms with Crippen LogP contribution < -0.4 is 4.74 Å². The highest BCUT2D eigenvalue weighted by molar-refractivity contribution is 5.93. The number of benzene rings is 2. The number of para-hydroxylation sites is 1. The number of hydrogen-bond donors (Lipinski definition) is 1. The van der Waals surface area contributed by atoms with Crippen LogP contribution in [0.4, 0.5) is 0 Å². The maximum absolute atomic E-state index is 11.2.